The Morgan fingerprint density at radius 3 is 2.31 bits per heavy atom. The first-order valence-electron chi connectivity index (χ1n) is 11.1. The zero-order valence-corrected chi connectivity index (χ0v) is 17.9. The number of amides is 1. The van der Waals surface area contributed by atoms with Crippen LogP contribution in [0.1, 0.15) is 51.4 Å². The normalized spacial score (nSPS) is 25.4. The standard InChI is InChI=1S/C22H33N3O3S/c26-22(23-19-12-15-24(16-13-19)17-18-7-4-5-8-18)21-11-6-14-25(21)29(27,28)20-9-2-1-3-10-20/h1-3,9-10,18-19,21H,4-8,11-17H2,(H,23,26). The molecule has 1 aromatic rings. The molecule has 160 valence electrons. The average molecular weight is 420 g/mol. The third-order valence-electron chi connectivity index (χ3n) is 6.78. The number of rotatable bonds is 6. The monoisotopic (exact) mass is 419 g/mol. The molecule has 6 nitrogen and oxygen atoms in total. The first-order valence-corrected chi connectivity index (χ1v) is 12.6. The van der Waals surface area contributed by atoms with Crippen molar-refractivity contribution in [3.05, 3.63) is 30.3 Å². The Morgan fingerprint density at radius 1 is 0.931 bits per heavy atom. The maximum absolute atomic E-state index is 13.0. The molecule has 1 aromatic carbocycles. The van der Waals surface area contributed by atoms with Crippen LogP contribution in [0.5, 0.6) is 0 Å². The third kappa shape index (κ3) is 4.84. The van der Waals surface area contributed by atoms with Crippen LogP contribution < -0.4 is 5.32 Å². The molecule has 1 unspecified atom stereocenters. The molecule has 4 rings (SSSR count). The van der Waals surface area contributed by atoms with Gasteiger partial charge in [-0.25, -0.2) is 8.42 Å². The fourth-order valence-corrected chi connectivity index (χ4v) is 6.81. The van der Waals surface area contributed by atoms with Gasteiger partial charge in [0.1, 0.15) is 6.04 Å². The summed E-state index contributed by atoms with van der Waals surface area (Å²) in [5.41, 5.74) is 0. The number of hydrogen-bond acceptors (Lipinski definition) is 4. The summed E-state index contributed by atoms with van der Waals surface area (Å²) >= 11 is 0. The van der Waals surface area contributed by atoms with E-state index in [-0.39, 0.29) is 16.8 Å². The zero-order valence-electron chi connectivity index (χ0n) is 17.1. The first kappa shape index (κ1) is 20.8. The average Bonchev–Trinajstić information content (AvgIpc) is 3.42. The molecule has 1 aliphatic carbocycles. The van der Waals surface area contributed by atoms with Crippen LogP contribution in [0.3, 0.4) is 0 Å². The van der Waals surface area contributed by atoms with E-state index in [1.54, 1.807) is 30.3 Å². The van der Waals surface area contributed by atoms with E-state index in [2.05, 4.69) is 10.2 Å². The number of sulfonamides is 1. The van der Waals surface area contributed by atoms with Gasteiger partial charge < -0.3 is 10.2 Å². The van der Waals surface area contributed by atoms with Crippen LogP contribution in [0, 0.1) is 5.92 Å². The molecule has 3 aliphatic rings. The van der Waals surface area contributed by atoms with Crippen molar-refractivity contribution in [3.8, 4) is 0 Å². The van der Waals surface area contributed by atoms with Gasteiger partial charge in [-0.1, -0.05) is 31.0 Å². The van der Waals surface area contributed by atoms with Crippen molar-refractivity contribution in [1.82, 2.24) is 14.5 Å². The molecule has 29 heavy (non-hydrogen) atoms. The molecule has 2 aliphatic heterocycles. The van der Waals surface area contributed by atoms with Crippen LogP contribution in [-0.4, -0.2) is 61.8 Å². The van der Waals surface area contributed by atoms with E-state index in [9.17, 15) is 13.2 Å². The lowest BCUT2D eigenvalue weighted by atomic mass is 10.0. The van der Waals surface area contributed by atoms with Gasteiger partial charge in [0, 0.05) is 32.2 Å². The maximum atomic E-state index is 13.0. The minimum atomic E-state index is -3.63. The highest BCUT2D eigenvalue weighted by molar-refractivity contribution is 7.89. The zero-order chi connectivity index (χ0) is 20.3. The van der Waals surface area contributed by atoms with Crippen molar-refractivity contribution < 1.29 is 13.2 Å². The van der Waals surface area contributed by atoms with Gasteiger partial charge in [0.25, 0.3) is 0 Å². The number of nitrogens with zero attached hydrogens (tertiary/aromatic N) is 2. The van der Waals surface area contributed by atoms with Crippen molar-refractivity contribution in [3.63, 3.8) is 0 Å². The summed E-state index contributed by atoms with van der Waals surface area (Å²) in [4.78, 5) is 15.7. The second-order valence-corrected chi connectivity index (χ2v) is 10.7. The van der Waals surface area contributed by atoms with Gasteiger partial charge >= 0.3 is 0 Å². The van der Waals surface area contributed by atoms with Gasteiger partial charge in [-0.2, -0.15) is 4.31 Å². The number of carbonyl (C=O) groups is 1. The molecule has 3 fully saturated rings. The van der Waals surface area contributed by atoms with Gasteiger partial charge in [0.15, 0.2) is 0 Å². The van der Waals surface area contributed by atoms with Crippen LogP contribution in [0.15, 0.2) is 35.2 Å². The van der Waals surface area contributed by atoms with Gasteiger partial charge in [0.05, 0.1) is 4.90 Å². The molecule has 0 aromatic heterocycles. The van der Waals surface area contributed by atoms with Crippen molar-refractivity contribution >= 4 is 15.9 Å². The van der Waals surface area contributed by atoms with E-state index < -0.39 is 16.1 Å². The minimum Gasteiger partial charge on any atom is -0.352 e. The Balaban J connectivity index is 1.31. The lowest BCUT2D eigenvalue weighted by molar-refractivity contribution is -0.125. The summed E-state index contributed by atoms with van der Waals surface area (Å²) in [7, 11) is -3.63. The van der Waals surface area contributed by atoms with Gasteiger partial charge in [0.2, 0.25) is 15.9 Å². The second kappa shape index (κ2) is 9.14. The van der Waals surface area contributed by atoms with Crippen molar-refractivity contribution in [2.75, 3.05) is 26.2 Å². The molecule has 2 saturated heterocycles. The molecular weight excluding hydrogens is 386 g/mol. The van der Waals surface area contributed by atoms with Gasteiger partial charge in [-0.3, -0.25) is 4.79 Å². The molecule has 0 radical (unpaired) electrons. The van der Waals surface area contributed by atoms with E-state index in [0.29, 0.717) is 13.0 Å². The predicted molar refractivity (Wildman–Crippen MR) is 113 cm³/mol. The highest BCUT2D eigenvalue weighted by Gasteiger charge is 2.40. The quantitative estimate of drug-likeness (QED) is 0.770. The molecule has 1 saturated carbocycles. The fourth-order valence-electron chi connectivity index (χ4n) is 5.13. The number of piperidine rings is 1. The van der Waals surface area contributed by atoms with Crippen LogP contribution >= 0.6 is 0 Å². The predicted octanol–water partition coefficient (Wildman–Crippen LogP) is 2.61. The molecule has 1 N–H and O–H groups in total. The molecule has 2 heterocycles. The number of benzene rings is 1. The number of nitrogens with one attached hydrogen (secondary N) is 1. The Bertz CT molecular complexity index is 785. The number of hydrogen-bond donors (Lipinski definition) is 1. The summed E-state index contributed by atoms with van der Waals surface area (Å²) in [5, 5.41) is 3.16. The van der Waals surface area contributed by atoms with E-state index in [4.69, 9.17) is 0 Å². The van der Waals surface area contributed by atoms with E-state index in [0.717, 1.165) is 38.3 Å². The number of likely N-dealkylation sites (tertiary alicyclic amines) is 1. The van der Waals surface area contributed by atoms with E-state index in [1.807, 2.05) is 0 Å². The molecular formula is C22H33N3O3S. The fraction of sp³-hybridized carbons (Fsp3) is 0.682. The second-order valence-electron chi connectivity index (χ2n) is 8.82. The van der Waals surface area contributed by atoms with Crippen LogP contribution in [0.25, 0.3) is 0 Å². The van der Waals surface area contributed by atoms with Crippen molar-refractivity contribution in [1.29, 1.82) is 0 Å². The molecule has 1 atom stereocenters. The molecule has 0 spiro atoms. The third-order valence-corrected chi connectivity index (χ3v) is 8.70. The van der Waals surface area contributed by atoms with Crippen LogP contribution in [-0.2, 0) is 14.8 Å². The smallest absolute Gasteiger partial charge is 0.243 e. The van der Waals surface area contributed by atoms with Gasteiger partial charge in [-0.15, -0.1) is 0 Å². The largest absolute Gasteiger partial charge is 0.352 e. The molecule has 1 amide bonds. The van der Waals surface area contributed by atoms with Crippen molar-refractivity contribution in [2.45, 2.75) is 68.3 Å². The highest BCUT2D eigenvalue weighted by Crippen LogP contribution is 2.28. The van der Waals surface area contributed by atoms with Crippen molar-refractivity contribution in [2.24, 2.45) is 5.92 Å². The molecule has 7 heteroatoms. The number of carbonyl (C=O) groups excluding carboxylic acids is 1. The summed E-state index contributed by atoms with van der Waals surface area (Å²) in [6.45, 7) is 3.66. The Morgan fingerprint density at radius 2 is 1.62 bits per heavy atom. The Labute approximate surface area is 174 Å². The van der Waals surface area contributed by atoms with Gasteiger partial charge in [-0.05, 0) is 56.6 Å². The summed E-state index contributed by atoms with van der Waals surface area (Å²) in [6.07, 6.45) is 8.71. The first-order chi connectivity index (χ1) is 14.0. The van der Waals surface area contributed by atoms with E-state index >= 15 is 0 Å². The van der Waals surface area contributed by atoms with Crippen LogP contribution in [0.2, 0.25) is 0 Å². The maximum Gasteiger partial charge on any atom is 0.243 e. The Hall–Kier alpha value is -1.44. The SMILES string of the molecule is O=C(NC1CCN(CC2CCCC2)CC1)C1CCCN1S(=O)(=O)c1ccccc1. The minimum absolute atomic E-state index is 0.128. The molecule has 0 bridgehead atoms. The summed E-state index contributed by atoms with van der Waals surface area (Å²) in [6, 6.07) is 8.01. The van der Waals surface area contributed by atoms with E-state index in [1.165, 1.54) is 36.5 Å². The lowest BCUT2D eigenvalue weighted by Crippen LogP contribution is -2.51. The Kier molecular flexibility index (Phi) is 6.56. The lowest BCUT2D eigenvalue weighted by Gasteiger charge is -2.34. The highest BCUT2D eigenvalue weighted by atomic mass is 32.2. The summed E-state index contributed by atoms with van der Waals surface area (Å²) in [5.74, 6) is 0.729. The summed E-state index contributed by atoms with van der Waals surface area (Å²) < 4.78 is 27.4. The topological polar surface area (TPSA) is 69.7 Å². The van der Waals surface area contributed by atoms with Crippen LogP contribution in [0.4, 0.5) is 0 Å².